The molecular weight excluding hydrogens is 356 g/mol. The lowest BCUT2D eigenvalue weighted by Crippen LogP contribution is -2.39. The van der Waals surface area contributed by atoms with Gasteiger partial charge in [-0.3, -0.25) is 4.90 Å². The van der Waals surface area contributed by atoms with Crippen molar-refractivity contribution in [1.29, 1.82) is 5.26 Å². The van der Waals surface area contributed by atoms with Gasteiger partial charge in [-0.25, -0.2) is 0 Å². The quantitative estimate of drug-likeness (QED) is 0.767. The summed E-state index contributed by atoms with van der Waals surface area (Å²) < 4.78 is 17.5. The molecule has 1 aromatic heterocycles. The molecule has 1 aromatic rings. The molecule has 4 rings (SSSR count). The summed E-state index contributed by atoms with van der Waals surface area (Å²) in [6, 6.07) is 2.37. The first-order valence-corrected chi connectivity index (χ1v) is 10.3. The smallest absolute Gasteiger partial charge is 0.234 e. The summed E-state index contributed by atoms with van der Waals surface area (Å²) in [4.78, 5) is 9.47. The number of nitrogens with zero attached hydrogens (tertiary/aromatic N) is 4. The molecule has 152 valence electrons. The molecule has 7 heteroatoms. The van der Waals surface area contributed by atoms with E-state index in [-0.39, 0.29) is 5.60 Å². The minimum Gasteiger partial charge on any atom is -0.475 e. The van der Waals surface area contributed by atoms with Crippen molar-refractivity contribution in [2.24, 2.45) is 0 Å². The van der Waals surface area contributed by atoms with E-state index < -0.39 is 0 Å². The second kappa shape index (κ2) is 8.24. The van der Waals surface area contributed by atoms with Gasteiger partial charge in [0.25, 0.3) is 0 Å². The zero-order valence-electron chi connectivity index (χ0n) is 17.0. The molecule has 3 aliphatic heterocycles. The summed E-state index contributed by atoms with van der Waals surface area (Å²) >= 11 is 0. The van der Waals surface area contributed by atoms with E-state index >= 15 is 0 Å². The lowest BCUT2D eigenvalue weighted by atomic mass is 9.89. The van der Waals surface area contributed by atoms with Crippen LogP contribution in [0.2, 0.25) is 0 Å². The molecule has 0 atom stereocenters. The van der Waals surface area contributed by atoms with E-state index in [1.165, 1.54) is 12.8 Å². The standard InChI is InChI=1S/C21H30N4O3/c1-21(2)13-16-17(14-22)20(27-12-9-24-7-10-26-11-8-24)23-19(18(16)15-28-21)25-5-3-4-6-25/h3-13,15H2,1-2H3. The minimum absolute atomic E-state index is 0.284. The highest BCUT2D eigenvalue weighted by Gasteiger charge is 2.34. The fourth-order valence-electron chi connectivity index (χ4n) is 4.23. The van der Waals surface area contributed by atoms with Crippen LogP contribution in [0.1, 0.15) is 43.4 Å². The fourth-order valence-corrected chi connectivity index (χ4v) is 4.23. The van der Waals surface area contributed by atoms with Crippen LogP contribution in [0.3, 0.4) is 0 Å². The van der Waals surface area contributed by atoms with Crippen LogP contribution in [0.25, 0.3) is 0 Å². The summed E-state index contributed by atoms with van der Waals surface area (Å²) in [5, 5.41) is 9.90. The largest absolute Gasteiger partial charge is 0.475 e. The molecule has 0 bridgehead atoms. The maximum atomic E-state index is 9.90. The van der Waals surface area contributed by atoms with E-state index in [4.69, 9.17) is 19.2 Å². The summed E-state index contributed by atoms with van der Waals surface area (Å²) in [6.45, 7) is 11.4. The Morgan fingerprint density at radius 2 is 1.89 bits per heavy atom. The monoisotopic (exact) mass is 386 g/mol. The first-order chi connectivity index (χ1) is 13.6. The predicted octanol–water partition coefficient (Wildman–Crippen LogP) is 2.12. The lowest BCUT2D eigenvalue weighted by Gasteiger charge is -2.35. The summed E-state index contributed by atoms with van der Waals surface area (Å²) in [5.74, 6) is 1.43. The average Bonchev–Trinajstić information content (AvgIpc) is 3.22. The average molecular weight is 386 g/mol. The summed E-state index contributed by atoms with van der Waals surface area (Å²) in [5.41, 5.74) is 2.42. The van der Waals surface area contributed by atoms with Crippen LogP contribution in [-0.4, -0.2) is 68.0 Å². The molecule has 2 saturated heterocycles. The van der Waals surface area contributed by atoms with E-state index in [2.05, 4.69) is 29.7 Å². The number of aromatic nitrogens is 1. The Hall–Kier alpha value is -1.88. The van der Waals surface area contributed by atoms with Crippen LogP contribution in [0, 0.1) is 11.3 Å². The lowest BCUT2D eigenvalue weighted by molar-refractivity contribution is -0.0401. The maximum Gasteiger partial charge on any atom is 0.234 e. The topological polar surface area (TPSA) is 70.8 Å². The molecule has 0 spiro atoms. The number of fused-ring (bicyclic) bond motifs is 1. The molecule has 0 saturated carbocycles. The fraction of sp³-hybridized carbons (Fsp3) is 0.714. The molecule has 0 N–H and O–H groups in total. The first kappa shape index (κ1) is 19.4. The minimum atomic E-state index is -0.284. The molecule has 0 amide bonds. The van der Waals surface area contributed by atoms with E-state index in [1.807, 2.05) is 0 Å². The van der Waals surface area contributed by atoms with Gasteiger partial charge in [-0.1, -0.05) is 0 Å². The van der Waals surface area contributed by atoms with Crippen molar-refractivity contribution in [2.45, 2.75) is 45.3 Å². The van der Waals surface area contributed by atoms with Gasteiger partial charge in [0.15, 0.2) is 0 Å². The molecule has 28 heavy (non-hydrogen) atoms. The Bertz CT molecular complexity index is 747. The number of morpholine rings is 1. The number of rotatable bonds is 5. The third-order valence-corrected chi connectivity index (χ3v) is 5.83. The van der Waals surface area contributed by atoms with Crippen LogP contribution >= 0.6 is 0 Å². The number of pyridine rings is 1. The molecule has 2 fully saturated rings. The highest BCUT2D eigenvalue weighted by molar-refractivity contribution is 5.61. The van der Waals surface area contributed by atoms with Gasteiger partial charge in [0, 0.05) is 44.7 Å². The van der Waals surface area contributed by atoms with Crippen LogP contribution in [0.15, 0.2) is 0 Å². The Labute approximate surface area is 167 Å². The zero-order chi connectivity index (χ0) is 19.6. The molecule has 4 heterocycles. The van der Waals surface area contributed by atoms with Gasteiger partial charge in [-0.05, 0) is 32.3 Å². The molecule has 0 aromatic carbocycles. The van der Waals surface area contributed by atoms with Gasteiger partial charge < -0.3 is 19.1 Å². The van der Waals surface area contributed by atoms with Crippen molar-refractivity contribution < 1.29 is 14.2 Å². The Morgan fingerprint density at radius 1 is 1.14 bits per heavy atom. The van der Waals surface area contributed by atoms with Crippen molar-refractivity contribution >= 4 is 5.82 Å². The number of hydrogen-bond acceptors (Lipinski definition) is 7. The van der Waals surface area contributed by atoms with Gasteiger partial charge >= 0.3 is 0 Å². The normalized spacial score (nSPS) is 22.0. The van der Waals surface area contributed by atoms with Crippen LogP contribution in [0.5, 0.6) is 5.88 Å². The third kappa shape index (κ3) is 4.09. The highest BCUT2D eigenvalue weighted by atomic mass is 16.5. The number of anilines is 1. The first-order valence-electron chi connectivity index (χ1n) is 10.3. The Morgan fingerprint density at radius 3 is 2.61 bits per heavy atom. The maximum absolute atomic E-state index is 9.90. The van der Waals surface area contributed by atoms with Crippen molar-refractivity contribution in [2.75, 3.05) is 57.4 Å². The zero-order valence-corrected chi connectivity index (χ0v) is 17.0. The Kier molecular flexibility index (Phi) is 5.72. The van der Waals surface area contributed by atoms with Crippen molar-refractivity contribution in [1.82, 2.24) is 9.88 Å². The van der Waals surface area contributed by atoms with Gasteiger partial charge in [-0.2, -0.15) is 10.2 Å². The highest BCUT2D eigenvalue weighted by Crippen LogP contribution is 2.39. The number of hydrogen-bond donors (Lipinski definition) is 0. The van der Waals surface area contributed by atoms with Crippen molar-refractivity contribution in [3.63, 3.8) is 0 Å². The summed E-state index contributed by atoms with van der Waals surface area (Å²) in [6.07, 6.45) is 3.06. The van der Waals surface area contributed by atoms with E-state index in [9.17, 15) is 5.26 Å². The molecule has 0 unspecified atom stereocenters. The molecular formula is C21H30N4O3. The Balaban J connectivity index is 1.61. The van der Waals surface area contributed by atoms with Gasteiger partial charge in [0.05, 0.1) is 25.4 Å². The molecule has 0 aliphatic carbocycles. The van der Waals surface area contributed by atoms with Crippen molar-refractivity contribution in [3.8, 4) is 11.9 Å². The van der Waals surface area contributed by atoms with Crippen LogP contribution in [-0.2, 0) is 22.5 Å². The van der Waals surface area contributed by atoms with Crippen molar-refractivity contribution in [3.05, 3.63) is 16.7 Å². The predicted molar refractivity (Wildman–Crippen MR) is 106 cm³/mol. The second-order valence-corrected chi connectivity index (χ2v) is 8.41. The number of ether oxygens (including phenoxy) is 3. The van der Waals surface area contributed by atoms with E-state index in [1.54, 1.807) is 0 Å². The number of nitriles is 1. The van der Waals surface area contributed by atoms with Crippen LogP contribution < -0.4 is 9.64 Å². The van der Waals surface area contributed by atoms with Gasteiger partial charge in [0.1, 0.15) is 24.1 Å². The molecule has 0 radical (unpaired) electrons. The summed E-state index contributed by atoms with van der Waals surface area (Å²) in [7, 11) is 0. The second-order valence-electron chi connectivity index (χ2n) is 8.41. The SMILES string of the molecule is CC1(C)Cc2c(C#N)c(OCCN3CCOCC3)nc(N3CCCC3)c2CO1. The van der Waals surface area contributed by atoms with E-state index in [0.29, 0.717) is 31.1 Å². The van der Waals surface area contributed by atoms with Gasteiger partial charge in [0.2, 0.25) is 5.88 Å². The third-order valence-electron chi connectivity index (χ3n) is 5.83. The molecule has 7 nitrogen and oxygen atoms in total. The molecule has 3 aliphatic rings. The van der Waals surface area contributed by atoms with E-state index in [0.717, 1.165) is 62.9 Å². The van der Waals surface area contributed by atoms with Gasteiger partial charge in [-0.15, -0.1) is 0 Å². The van der Waals surface area contributed by atoms with Crippen LogP contribution in [0.4, 0.5) is 5.82 Å².